The summed E-state index contributed by atoms with van der Waals surface area (Å²) in [4.78, 5) is 0. The van der Waals surface area contributed by atoms with Crippen molar-refractivity contribution in [2.45, 2.75) is 6.18 Å². The van der Waals surface area contributed by atoms with Crippen molar-refractivity contribution in [2.75, 3.05) is 0 Å². The quantitative estimate of drug-likeness (QED) is 0.630. The van der Waals surface area contributed by atoms with Crippen LogP contribution in [0.1, 0.15) is 5.82 Å². The van der Waals surface area contributed by atoms with Gasteiger partial charge < -0.3 is 0 Å². The fourth-order valence-electron chi connectivity index (χ4n) is 1.93. The number of aromatic nitrogens is 3. The number of halogens is 5. The second-order valence-electron chi connectivity index (χ2n) is 4.30. The molecule has 0 N–H and O–H groups in total. The van der Waals surface area contributed by atoms with Crippen LogP contribution in [0.15, 0.2) is 36.5 Å². The Kier molecular flexibility index (Phi) is 3.09. The van der Waals surface area contributed by atoms with Crippen LogP contribution in [-0.4, -0.2) is 14.6 Å². The summed E-state index contributed by atoms with van der Waals surface area (Å²) in [5.41, 5.74) is 0.851. The Labute approximate surface area is 120 Å². The summed E-state index contributed by atoms with van der Waals surface area (Å²) in [6.45, 7) is 0. The van der Waals surface area contributed by atoms with Gasteiger partial charge in [0, 0.05) is 6.20 Å². The van der Waals surface area contributed by atoms with Crippen LogP contribution in [0.3, 0.4) is 0 Å². The molecular formula is C13H6ClF4N3. The number of rotatable bonds is 1. The molecule has 2 aromatic heterocycles. The molecule has 3 nitrogen and oxygen atoms in total. The molecule has 0 bridgehead atoms. The summed E-state index contributed by atoms with van der Waals surface area (Å²) in [5, 5.41) is 6.52. The summed E-state index contributed by atoms with van der Waals surface area (Å²) < 4.78 is 52.7. The number of hydrogen-bond acceptors (Lipinski definition) is 2. The van der Waals surface area contributed by atoms with E-state index in [1.807, 2.05) is 0 Å². The number of benzene rings is 1. The molecule has 0 amide bonds. The van der Waals surface area contributed by atoms with E-state index in [1.54, 1.807) is 0 Å². The fourth-order valence-corrected chi connectivity index (χ4v) is 2.05. The van der Waals surface area contributed by atoms with E-state index in [-0.39, 0.29) is 10.7 Å². The van der Waals surface area contributed by atoms with E-state index in [9.17, 15) is 17.6 Å². The van der Waals surface area contributed by atoms with Crippen molar-refractivity contribution in [2.24, 2.45) is 0 Å². The first-order valence-electron chi connectivity index (χ1n) is 5.73. The van der Waals surface area contributed by atoms with E-state index in [2.05, 4.69) is 10.2 Å². The minimum absolute atomic E-state index is 0.0555. The minimum atomic E-state index is -4.62. The molecule has 0 atom stereocenters. The van der Waals surface area contributed by atoms with Gasteiger partial charge in [-0.3, -0.25) is 4.40 Å². The molecule has 0 aliphatic heterocycles. The molecule has 21 heavy (non-hydrogen) atoms. The first-order chi connectivity index (χ1) is 9.86. The van der Waals surface area contributed by atoms with Crippen LogP contribution in [0, 0.1) is 5.82 Å². The van der Waals surface area contributed by atoms with Gasteiger partial charge in [-0.05, 0) is 35.4 Å². The lowest BCUT2D eigenvalue weighted by Gasteiger charge is -2.07. The Bertz CT molecular complexity index is 826. The highest BCUT2D eigenvalue weighted by Gasteiger charge is 2.36. The molecule has 3 aromatic rings. The van der Waals surface area contributed by atoms with Crippen LogP contribution in [0.2, 0.25) is 5.02 Å². The minimum Gasteiger partial charge on any atom is -0.278 e. The van der Waals surface area contributed by atoms with Gasteiger partial charge in [0.2, 0.25) is 5.82 Å². The number of hydrogen-bond donors (Lipinski definition) is 0. The number of pyridine rings is 1. The van der Waals surface area contributed by atoms with Crippen molar-refractivity contribution in [1.29, 1.82) is 0 Å². The molecule has 3 rings (SSSR count). The van der Waals surface area contributed by atoms with Crippen LogP contribution in [-0.2, 0) is 6.18 Å². The largest absolute Gasteiger partial charge is 0.452 e. The molecule has 0 fully saturated rings. The third-order valence-electron chi connectivity index (χ3n) is 2.91. The molecule has 0 unspecified atom stereocenters. The van der Waals surface area contributed by atoms with Gasteiger partial charge in [-0.1, -0.05) is 17.7 Å². The molecule has 1 aromatic carbocycles. The lowest BCUT2D eigenvalue weighted by atomic mass is 10.1. The summed E-state index contributed by atoms with van der Waals surface area (Å²) in [5.74, 6) is -1.78. The summed E-state index contributed by atoms with van der Waals surface area (Å²) in [6, 6.07) is 6.93. The average molecular weight is 316 g/mol. The predicted octanol–water partition coefficient (Wildman–Crippen LogP) is 4.21. The molecular weight excluding hydrogens is 310 g/mol. The lowest BCUT2D eigenvalue weighted by molar-refractivity contribution is -0.145. The van der Waals surface area contributed by atoms with E-state index >= 15 is 0 Å². The first kappa shape index (κ1) is 13.8. The number of fused-ring (bicyclic) bond motifs is 1. The highest BCUT2D eigenvalue weighted by molar-refractivity contribution is 6.30. The van der Waals surface area contributed by atoms with E-state index < -0.39 is 17.8 Å². The van der Waals surface area contributed by atoms with Crippen LogP contribution in [0.4, 0.5) is 17.6 Å². The van der Waals surface area contributed by atoms with Gasteiger partial charge in [-0.15, -0.1) is 10.2 Å². The van der Waals surface area contributed by atoms with Crippen molar-refractivity contribution in [3.05, 3.63) is 53.2 Å². The zero-order valence-electron chi connectivity index (χ0n) is 10.2. The molecule has 8 heteroatoms. The molecule has 108 valence electrons. The van der Waals surface area contributed by atoms with Crippen molar-refractivity contribution in [1.82, 2.24) is 14.6 Å². The third-order valence-corrected chi connectivity index (χ3v) is 3.22. The lowest BCUT2D eigenvalue weighted by Crippen LogP contribution is -2.10. The molecule has 2 heterocycles. The molecule has 0 radical (unpaired) electrons. The average Bonchev–Trinajstić information content (AvgIpc) is 2.84. The maximum Gasteiger partial charge on any atom is 0.452 e. The smallest absolute Gasteiger partial charge is 0.278 e. The van der Waals surface area contributed by atoms with Crippen LogP contribution < -0.4 is 0 Å². The van der Waals surface area contributed by atoms with E-state index in [0.29, 0.717) is 11.1 Å². The Balaban J connectivity index is 2.18. The Hall–Kier alpha value is -2.15. The Morgan fingerprint density at radius 1 is 1.00 bits per heavy atom. The summed E-state index contributed by atoms with van der Waals surface area (Å²) >= 11 is 5.58. The third kappa shape index (κ3) is 2.44. The molecule has 0 saturated heterocycles. The van der Waals surface area contributed by atoms with E-state index in [0.717, 1.165) is 10.5 Å². The second kappa shape index (κ2) is 4.70. The Morgan fingerprint density at radius 3 is 2.38 bits per heavy atom. The fraction of sp³-hybridized carbons (Fsp3) is 0.0769. The van der Waals surface area contributed by atoms with Gasteiger partial charge >= 0.3 is 6.18 Å². The maximum atomic E-state index is 13.4. The molecule has 0 spiro atoms. The van der Waals surface area contributed by atoms with E-state index in [1.165, 1.54) is 30.5 Å². The van der Waals surface area contributed by atoms with Gasteiger partial charge in [0.25, 0.3) is 0 Å². The van der Waals surface area contributed by atoms with Crippen molar-refractivity contribution in [3.63, 3.8) is 0 Å². The van der Waals surface area contributed by atoms with Crippen molar-refractivity contribution in [3.8, 4) is 11.1 Å². The normalized spacial score (nSPS) is 12.0. The van der Waals surface area contributed by atoms with E-state index in [4.69, 9.17) is 11.6 Å². The predicted molar refractivity (Wildman–Crippen MR) is 68.4 cm³/mol. The number of nitrogens with zero attached hydrogens (tertiary/aromatic N) is 3. The first-order valence-corrected chi connectivity index (χ1v) is 6.11. The molecule has 0 aliphatic carbocycles. The standard InChI is InChI=1S/C13H6ClF4N3/c14-9-3-1-7(5-10(9)15)8-2-4-11-19-20-12(13(16,17)18)21(11)6-8/h1-6H. The Morgan fingerprint density at radius 2 is 1.71 bits per heavy atom. The van der Waals surface area contributed by atoms with Gasteiger partial charge in [-0.2, -0.15) is 13.2 Å². The molecule has 0 saturated carbocycles. The highest BCUT2D eigenvalue weighted by Crippen LogP contribution is 2.30. The van der Waals surface area contributed by atoms with Gasteiger partial charge in [-0.25, -0.2) is 4.39 Å². The van der Waals surface area contributed by atoms with Gasteiger partial charge in [0.1, 0.15) is 5.82 Å². The monoisotopic (exact) mass is 315 g/mol. The highest BCUT2D eigenvalue weighted by atomic mass is 35.5. The SMILES string of the molecule is Fc1cc(-c2ccc3nnc(C(F)(F)F)n3c2)ccc1Cl. The zero-order chi connectivity index (χ0) is 15.2. The van der Waals surface area contributed by atoms with Gasteiger partial charge in [0.15, 0.2) is 5.65 Å². The van der Waals surface area contributed by atoms with Crippen molar-refractivity contribution < 1.29 is 17.6 Å². The molecule has 0 aliphatic rings. The number of alkyl halides is 3. The van der Waals surface area contributed by atoms with Crippen LogP contribution >= 0.6 is 11.6 Å². The summed E-state index contributed by atoms with van der Waals surface area (Å²) in [7, 11) is 0. The summed E-state index contributed by atoms with van der Waals surface area (Å²) in [6.07, 6.45) is -3.41. The van der Waals surface area contributed by atoms with Crippen LogP contribution in [0.5, 0.6) is 0 Å². The second-order valence-corrected chi connectivity index (χ2v) is 4.70. The van der Waals surface area contributed by atoms with Gasteiger partial charge in [0.05, 0.1) is 5.02 Å². The van der Waals surface area contributed by atoms with Crippen molar-refractivity contribution >= 4 is 17.2 Å². The topological polar surface area (TPSA) is 30.2 Å². The maximum absolute atomic E-state index is 13.4. The van der Waals surface area contributed by atoms with Crippen LogP contribution in [0.25, 0.3) is 16.8 Å². The zero-order valence-corrected chi connectivity index (χ0v) is 11.0.